The summed E-state index contributed by atoms with van der Waals surface area (Å²) in [5.74, 6) is 0. The minimum absolute atomic E-state index is 0.0173. The number of hydrogen-bond donors (Lipinski definition) is 2. The second-order valence-electron chi connectivity index (χ2n) is 5.01. The van der Waals surface area contributed by atoms with E-state index in [1.807, 2.05) is 0 Å². The molecule has 0 aromatic carbocycles. The molecule has 5 nitrogen and oxygen atoms in total. The first-order chi connectivity index (χ1) is 8.92. The molecule has 0 amide bonds. The van der Waals surface area contributed by atoms with E-state index in [-0.39, 0.29) is 6.04 Å². The van der Waals surface area contributed by atoms with Gasteiger partial charge in [-0.3, -0.25) is 5.10 Å². The molecule has 1 heterocycles. The lowest BCUT2D eigenvalue weighted by Crippen LogP contribution is -2.35. The summed E-state index contributed by atoms with van der Waals surface area (Å²) in [6, 6.07) is 0.0173. The average Bonchev–Trinajstić information content (AvgIpc) is 2.66. The molecule has 1 unspecified atom stereocenters. The van der Waals surface area contributed by atoms with Crippen LogP contribution < -0.4 is 4.72 Å². The van der Waals surface area contributed by atoms with Crippen molar-refractivity contribution in [1.82, 2.24) is 14.9 Å². The molecule has 0 fully saturated rings. The van der Waals surface area contributed by atoms with E-state index < -0.39 is 10.0 Å². The minimum atomic E-state index is -3.47. The lowest BCUT2D eigenvalue weighted by Gasteiger charge is -2.18. The first kappa shape index (κ1) is 16.2. The summed E-state index contributed by atoms with van der Waals surface area (Å²) in [7, 11) is -3.47. The summed E-state index contributed by atoms with van der Waals surface area (Å²) in [5, 5.41) is 6.68. The third-order valence-corrected chi connectivity index (χ3v) is 4.98. The molecule has 0 bridgehead atoms. The van der Waals surface area contributed by atoms with Crippen LogP contribution in [0.5, 0.6) is 0 Å². The van der Waals surface area contributed by atoms with Crippen molar-refractivity contribution in [2.45, 2.75) is 70.7 Å². The molecule has 1 aromatic heterocycles. The summed E-state index contributed by atoms with van der Waals surface area (Å²) in [5.41, 5.74) is 1.12. The van der Waals surface area contributed by atoms with E-state index in [4.69, 9.17) is 0 Å². The van der Waals surface area contributed by atoms with Crippen molar-refractivity contribution in [3.05, 3.63) is 11.4 Å². The highest BCUT2D eigenvalue weighted by Gasteiger charge is 2.24. The van der Waals surface area contributed by atoms with Gasteiger partial charge in [0.2, 0.25) is 10.0 Å². The highest BCUT2D eigenvalue weighted by atomic mass is 32.2. The molecule has 1 aromatic rings. The second kappa shape index (κ2) is 7.05. The Labute approximate surface area is 116 Å². The van der Waals surface area contributed by atoms with E-state index in [1.165, 1.54) is 0 Å². The van der Waals surface area contributed by atoms with Crippen LogP contribution in [0.1, 0.15) is 57.3 Å². The molecule has 6 heteroatoms. The van der Waals surface area contributed by atoms with Crippen molar-refractivity contribution in [3.63, 3.8) is 0 Å². The fourth-order valence-electron chi connectivity index (χ4n) is 2.28. The van der Waals surface area contributed by atoms with Gasteiger partial charge >= 0.3 is 0 Å². The van der Waals surface area contributed by atoms with Gasteiger partial charge in [0.05, 0.1) is 11.4 Å². The molecular formula is C13H25N3O2S. The van der Waals surface area contributed by atoms with Gasteiger partial charge in [0.1, 0.15) is 4.90 Å². The molecule has 110 valence electrons. The van der Waals surface area contributed by atoms with E-state index in [1.54, 1.807) is 13.8 Å². The average molecular weight is 287 g/mol. The Kier molecular flexibility index (Phi) is 6.00. The summed E-state index contributed by atoms with van der Waals surface area (Å²) in [6.07, 6.45) is 4.84. The summed E-state index contributed by atoms with van der Waals surface area (Å²) in [6.45, 7) is 7.62. The fourth-order valence-corrected chi connectivity index (χ4v) is 3.95. The third-order valence-electron chi connectivity index (χ3n) is 3.19. The molecule has 0 saturated heterocycles. The van der Waals surface area contributed by atoms with Crippen LogP contribution >= 0.6 is 0 Å². The van der Waals surface area contributed by atoms with Crippen LogP contribution in [-0.2, 0) is 10.0 Å². The number of nitrogens with zero attached hydrogens (tertiary/aromatic N) is 1. The van der Waals surface area contributed by atoms with Crippen molar-refractivity contribution in [2.24, 2.45) is 0 Å². The number of rotatable bonds is 8. The zero-order chi connectivity index (χ0) is 14.5. The Bertz CT molecular complexity index is 474. The maximum atomic E-state index is 12.4. The molecular weight excluding hydrogens is 262 g/mol. The molecule has 0 spiro atoms. The summed E-state index contributed by atoms with van der Waals surface area (Å²) < 4.78 is 27.6. The van der Waals surface area contributed by atoms with Gasteiger partial charge in [-0.1, -0.05) is 33.1 Å². The normalized spacial score (nSPS) is 13.7. The smallest absolute Gasteiger partial charge is 0.244 e. The highest BCUT2D eigenvalue weighted by molar-refractivity contribution is 7.89. The van der Waals surface area contributed by atoms with Crippen LogP contribution in [0.4, 0.5) is 0 Å². The number of aromatic amines is 1. The number of hydrogen-bond acceptors (Lipinski definition) is 3. The number of nitrogens with one attached hydrogen (secondary N) is 2. The Balaban J connectivity index is 2.88. The van der Waals surface area contributed by atoms with Gasteiger partial charge in [-0.25, -0.2) is 13.1 Å². The Morgan fingerprint density at radius 3 is 2.37 bits per heavy atom. The van der Waals surface area contributed by atoms with Crippen LogP contribution in [0.2, 0.25) is 0 Å². The Hall–Kier alpha value is -0.880. The van der Waals surface area contributed by atoms with Gasteiger partial charge in [-0.2, -0.15) is 5.10 Å². The van der Waals surface area contributed by atoms with Crippen LogP contribution in [0.25, 0.3) is 0 Å². The zero-order valence-electron chi connectivity index (χ0n) is 12.3. The fraction of sp³-hybridized carbons (Fsp3) is 0.769. The third kappa shape index (κ3) is 4.31. The van der Waals surface area contributed by atoms with Gasteiger partial charge in [0, 0.05) is 6.04 Å². The molecule has 0 saturated carbocycles. The summed E-state index contributed by atoms with van der Waals surface area (Å²) >= 11 is 0. The lowest BCUT2D eigenvalue weighted by molar-refractivity contribution is 0.483. The number of H-pyrrole nitrogens is 1. The van der Waals surface area contributed by atoms with Gasteiger partial charge in [-0.15, -0.1) is 0 Å². The molecule has 0 radical (unpaired) electrons. The maximum Gasteiger partial charge on any atom is 0.244 e. The number of unbranched alkanes of at least 4 members (excludes halogenated alkanes) is 1. The highest BCUT2D eigenvalue weighted by Crippen LogP contribution is 2.18. The van der Waals surface area contributed by atoms with Gasteiger partial charge in [0.15, 0.2) is 0 Å². The first-order valence-electron chi connectivity index (χ1n) is 6.96. The van der Waals surface area contributed by atoms with E-state index in [0.29, 0.717) is 16.3 Å². The van der Waals surface area contributed by atoms with Crippen LogP contribution in [0, 0.1) is 13.8 Å². The second-order valence-corrected chi connectivity index (χ2v) is 6.66. The molecule has 0 aliphatic heterocycles. The Morgan fingerprint density at radius 1 is 1.21 bits per heavy atom. The topological polar surface area (TPSA) is 74.8 Å². The minimum Gasteiger partial charge on any atom is -0.281 e. The van der Waals surface area contributed by atoms with Crippen LogP contribution in [-0.4, -0.2) is 24.7 Å². The monoisotopic (exact) mass is 287 g/mol. The molecule has 1 atom stereocenters. The van der Waals surface area contributed by atoms with E-state index in [2.05, 4.69) is 28.8 Å². The molecule has 19 heavy (non-hydrogen) atoms. The zero-order valence-corrected chi connectivity index (χ0v) is 13.1. The van der Waals surface area contributed by atoms with Crippen molar-refractivity contribution in [3.8, 4) is 0 Å². The molecule has 0 aliphatic rings. The molecule has 1 rings (SSSR count). The number of aryl methyl sites for hydroxylation is 2. The molecule has 0 aliphatic carbocycles. The van der Waals surface area contributed by atoms with Crippen molar-refractivity contribution < 1.29 is 8.42 Å². The van der Waals surface area contributed by atoms with E-state index >= 15 is 0 Å². The molecule has 2 N–H and O–H groups in total. The predicted octanol–water partition coefficient (Wildman–Crippen LogP) is 2.66. The van der Waals surface area contributed by atoms with Gasteiger partial charge in [0.25, 0.3) is 0 Å². The SMILES string of the molecule is CCCCC(CCC)NS(=O)(=O)c1c(C)n[nH]c1C. The van der Waals surface area contributed by atoms with Crippen molar-refractivity contribution >= 4 is 10.0 Å². The first-order valence-corrected chi connectivity index (χ1v) is 8.44. The Morgan fingerprint density at radius 2 is 1.89 bits per heavy atom. The lowest BCUT2D eigenvalue weighted by atomic mass is 10.1. The number of aromatic nitrogens is 2. The van der Waals surface area contributed by atoms with E-state index in [9.17, 15) is 8.42 Å². The van der Waals surface area contributed by atoms with Gasteiger partial charge < -0.3 is 0 Å². The van der Waals surface area contributed by atoms with Crippen molar-refractivity contribution in [2.75, 3.05) is 0 Å². The van der Waals surface area contributed by atoms with Crippen LogP contribution in [0.3, 0.4) is 0 Å². The summed E-state index contributed by atoms with van der Waals surface area (Å²) in [4.78, 5) is 0.296. The van der Waals surface area contributed by atoms with Crippen LogP contribution in [0.15, 0.2) is 4.90 Å². The van der Waals surface area contributed by atoms with E-state index in [0.717, 1.165) is 32.1 Å². The largest absolute Gasteiger partial charge is 0.281 e. The van der Waals surface area contributed by atoms with Crippen molar-refractivity contribution in [1.29, 1.82) is 0 Å². The maximum absolute atomic E-state index is 12.4. The quantitative estimate of drug-likeness (QED) is 0.772. The number of sulfonamides is 1. The standard InChI is InChI=1S/C13H25N3O2S/c1-5-7-9-12(8-6-2)16-19(17,18)13-10(3)14-15-11(13)4/h12,16H,5-9H2,1-4H3,(H,14,15). The van der Waals surface area contributed by atoms with Gasteiger partial charge in [-0.05, 0) is 26.7 Å². The predicted molar refractivity (Wildman–Crippen MR) is 76.6 cm³/mol.